The molecule has 1 N–H and O–H groups in total. The number of piperazine rings is 1. The number of benzene rings is 2. The van der Waals surface area contributed by atoms with Crippen LogP contribution in [0.25, 0.3) is 0 Å². The summed E-state index contributed by atoms with van der Waals surface area (Å²) in [4.78, 5) is 2.54. The van der Waals surface area contributed by atoms with E-state index in [4.69, 9.17) is 0 Å². The lowest BCUT2D eigenvalue weighted by atomic mass is 10.00. The van der Waals surface area contributed by atoms with Crippen LogP contribution in [0, 0.1) is 0 Å². The molecule has 0 radical (unpaired) electrons. The van der Waals surface area contributed by atoms with E-state index in [2.05, 4.69) is 78.7 Å². The lowest BCUT2D eigenvalue weighted by molar-refractivity contribution is 0.416. The van der Waals surface area contributed by atoms with E-state index < -0.39 is 0 Å². The molecule has 2 aromatic rings. The molecule has 2 aromatic carbocycles. The van der Waals surface area contributed by atoms with Crippen LogP contribution in [0.3, 0.4) is 0 Å². The molecule has 1 saturated heterocycles. The van der Waals surface area contributed by atoms with Crippen molar-refractivity contribution < 1.29 is 0 Å². The van der Waals surface area contributed by atoms with Crippen molar-refractivity contribution in [3.8, 4) is 0 Å². The highest BCUT2D eigenvalue weighted by molar-refractivity contribution is 5.51. The molecule has 0 spiro atoms. The van der Waals surface area contributed by atoms with Crippen LogP contribution in [0.1, 0.15) is 31.0 Å². The molecular formula is C19H24N2. The molecule has 2 atom stereocenters. The van der Waals surface area contributed by atoms with Crippen molar-refractivity contribution in [3.63, 3.8) is 0 Å². The van der Waals surface area contributed by atoms with E-state index in [1.165, 1.54) is 16.8 Å². The van der Waals surface area contributed by atoms with E-state index in [0.717, 1.165) is 19.5 Å². The van der Waals surface area contributed by atoms with Gasteiger partial charge in [0.25, 0.3) is 0 Å². The number of rotatable bonds is 3. The second-order valence-electron chi connectivity index (χ2n) is 5.91. The van der Waals surface area contributed by atoms with Gasteiger partial charge in [-0.3, -0.25) is 0 Å². The Bertz CT molecular complexity index is 562. The fourth-order valence-corrected chi connectivity index (χ4v) is 3.09. The fraction of sp³-hybridized carbons (Fsp3) is 0.368. The Morgan fingerprint density at radius 2 is 1.76 bits per heavy atom. The predicted octanol–water partition coefficient (Wildman–Crippen LogP) is 3.79. The zero-order valence-corrected chi connectivity index (χ0v) is 12.9. The first kappa shape index (κ1) is 14.2. The molecule has 1 aliphatic rings. The highest BCUT2D eigenvalue weighted by atomic mass is 15.2. The summed E-state index contributed by atoms with van der Waals surface area (Å²) in [6.45, 7) is 6.51. The molecule has 2 nitrogen and oxygen atoms in total. The maximum atomic E-state index is 3.61. The number of hydrogen-bond donors (Lipinski definition) is 1. The van der Waals surface area contributed by atoms with Crippen molar-refractivity contribution in [2.45, 2.75) is 32.4 Å². The monoisotopic (exact) mass is 280 g/mol. The average molecular weight is 280 g/mol. The molecule has 0 aromatic heterocycles. The van der Waals surface area contributed by atoms with Crippen molar-refractivity contribution in [2.24, 2.45) is 0 Å². The first-order chi connectivity index (χ1) is 10.3. The first-order valence-electron chi connectivity index (χ1n) is 7.92. The summed E-state index contributed by atoms with van der Waals surface area (Å²) < 4.78 is 0. The quantitative estimate of drug-likeness (QED) is 0.920. The third-order valence-electron chi connectivity index (χ3n) is 4.37. The molecule has 0 bridgehead atoms. The fourth-order valence-electron chi connectivity index (χ4n) is 3.09. The average Bonchev–Trinajstić information content (AvgIpc) is 2.56. The molecule has 0 saturated carbocycles. The zero-order valence-electron chi connectivity index (χ0n) is 12.9. The van der Waals surface area contributed by atoms with Crippen LogP contribution in [-0.2, 0) is 6.42 Å². The van der Waals surface area contributed by atoms with E-state index in [0.29, 0.717) is 12.1 Å². The Hall–Kier alpha value is -1.80. The highest BCUT2D eigenvalue weighted by Crippen LogP contribution is 2.29. The lowest BCUT2D eigenvalue weighted by Gasteiger charge is -2.41. The summed E-state index contributed by atoms with van der Waals surface area (Å²) in [5.74, 6) is 0. The van der Waals surface area contributed by atoms with Gasteiger partial charge in [-0.2, -0.15) is 0 Å². The number of nitrogens with one attached hydrogen (secondary N) is 1. The van der Waals surface area contributed by atoms with Gasteiger partial charge in [0.2, 0.25) is 0 Å². The van der Waals surface area contributed by atoms with Crippen LogP contribution >= 0.6 is 0 Å². The van der Waals surface area contributed by atoms with Gasteiger partial charge in [0.15, 0.2) is 0 Å². The minimum absolute atomic E-state index is 0.412. The SMILES string of the molecule is CCc1ccc(N2CC(C)NCC2c2ccccc2)cc1. The molecule has 1 aliphatic heterocycles. The Kier molecular flexibility index (Phi) is 4.26. The van der Waals surface area contributed by atoms with Crippen molar-refractivity contribution >= 4 is 5.69 Å². The Morgan fingerprint density at radius 1 is 1.05 bits per heavy atom. The Morgan fingerprint density at radius 3 is 2.43 bits per heavy atom. The van der Waals surface area contributed by atoms with Gasteiger partial charge >= 0.3 is 0 Å². The van der Waals surface area contributed by atoms with Crippen LogP contribution in [-0.4, -0.2) is 19.1 Å². The number of anilines is 1. The van der Waals surface area contributed by atoms with Crippen molar-refractivity contribution in [2.75, 3.05) is 18.0 Å². The van der Waals surface area contributed by atoms with E-state index >= 15 is 0 Å². The van der Waals surface area contributed by atoms with Gasteiger partial charge in [0.1, 0.15) is 0 Å². The number of nitrogens with zero attached hydrogens (tertiary/aromatic N) is 1. The zero-order chi connectivity index (χ0) is 14.7. The predicted molar refractivity (Wildman–Crippen MR) is 89.8 cm³/mol. The van der Waals surface area contributed by atoms with Gasteiger partial charge < -0.3 is 10.2 Å². The summed E-state index contributed by atoms with van der Waals surface area (Å²) in [6.07, 6.45) is 1.10. The Balaban J connectivity index is 1.90. The summed E-state index contributed by atoms with van der Waals surface area (Å²) >= 11 is 0. The van der Waals surface area contributed by atoms with Crippen LogP contribution < -0.4 is 10.2 Å². The second kappa shape index (κ2) is 6.31. The van der Waals surface area contributed by atoms with Crippen LogP contribution in [0.4, 0.5) is 5.69 Å². The van der Waals surface area contributed by atoms with E-state index in [1.807, 2.05) is 0 Å². The van der Waals surface area contributed by atoms with Gasteiger partial charge in [0, 0.05) is 24.8 Å². The molecule has 2 unspecified atom stereocenters. The summed E-state index contributed by atoms with van der Waals surface area (Å²) in [7, 11) is 0. The summed E-state index contributed by atoms with van der Waals surface area (Å²) in [6, 6.07) is 20.8. The van der Waals surface area contributed by atoms with Gasteiger partial charge in [-0.05, 0) is 36.6 Å². The Labute approximate surface area is 127 Å². The minimum Gasteiger partial charge on any atom is -0.362 e. The van der Waals surface area contributed by atoms with Crippen LogP contribution in [0.2, 0.25) is 0 Å². The van der Waals surface area contributed by atoms with Crippen LogP contribution in [0.5, 0.6) is 0 Å². The molecule has 3 rings (SSSR count). The van der Waals surface area contributed by atoms with Crippen LogP contribution in [0.15, 0.2) is 54.6 Å². The third-order valence-corrected chi connectivity index (χ3v) is 4.37. The molecule has 0 amide bonds. The lowest BCUT2D eigenvalue weighted by Crippen LogP contribution is -2.51. The van der Waals surface area contributed by atoms with Crippen molar-refractivity contribution in [1.82, 2.24) is 5.32 Å². The summed E-state index contributed by atoms with van der Waals surface area (Å²) in [5, 5.41) is 3.61. The van der Waals surface area contributed by atoms with E-state index in [9.17, 15) is 0 Å². The van der Waals surface area contributed by atoms with Gasteiger partial charge in [-0.1, -0.05) is 49.4 Å². The molecular weight excluding hydrogens is 256 g/mol. The van der Waals surface area contributed by atoms with Gasteiger partial charge in [0.05, 0.1) is 6.04 Å². The molecule has 1 heterocycles. The molecule has 21 heavy (non-hydrogen) atoms. The minimum atomic E-state index is 0.412. The highest BCUT2D eigenvalue weighted by Gasteiger charge is 2.27. The van der Waals surface area contributed by atoms with Gasteiger partial charge in [-0.25, -0.2) is 0 Å². The number of aryl methyl sites for hydroxylation is 1. The maximum absolute atomic E-state index is 3.61. The second-order valence-corrected chi connectivity index (χ2v) is 5.91. The third kappa shape index (κ3) is 3.11. The van der Waals surface area contributed by atoms with Crippen molar-refractivity contribution in [3.05, 3.63) is 65.7 Å². The van der Waals surface area contributed by atoms with Crippen molar-refractivity contribution in [1.29, 1.82) is 0 Å². The molecule has 2 heteroatoms. The van der Waals surface area contributed by atoms with E-state index in [1.54, 1.807) is 0 Å². The van der Waals surface area contributed by atoms with Gasteiger partial charge in [-0.15, -0.1) is 0 Å². The molecule has 1 fully saturated rings. The largest absolute Gasteiger partial charge is 0.362 e. The smallest absolute Gasteiger partial charge is 0.0667 e. The topological polar surface area (TPSA) is 15.3 Å². The molecule has 0 aliphatic carbocycles. The molecule has 110 valence electrons. The van der Waals surface area contributed by atoms with E-state index in [-0.39, 0.29) is 0 Å². The maximum Gasteiger partial charge on any atom is 0.0667 e. The number of hydrogen-bond acceptors (Lipinski definition) is 2. The normalized spacial score (nSPS) is 22.3. The summed E-state index contributed by atoms with van der Waals surface area (Å²) in [5.41, 5.74) is 4.11. The first-order valence-corrected chi connectivity index (χ1v) is 7.92. The standard InChI is InChI=1S/C19H24N2/c1-3-16-9-11-18(12-10-16)21-14-15(2)20-13-19(21)17-7-5-4-6-8-17/h4-12,15,19-20H,3,13-14H2,1-2H3.